The van der Waals surface area contributed by atoms with Crippen molar-refractivity contribution in [1.82, 2.24) is 0 Å². The topological polar surface area (TPSA) is 49.4 Å². The number of halogens is 1. The van der Waals surface area contributed by atoms with E-state index in [-0.39, 0.29) is 17.2 Å². The van der Waals surface area contributed by atoms with Gasteiger partial charge in [-0.1, -0.05) is 54.6 Å². The molecular formula is C25H23ClN2O2S. The lowest BCUT2D eigenvalue weighted by Gasteiger charge is -2.26. The van der Waals surface area contributed by atoms with E-state index in [2.05, 4.69) is 11.4 Å². The molecule has 0 saturated carbocycles. The molecular weight excluding hydrogens is 428 g/mol. The average molecular weight is 451 g/mol. The van der Waals surface area contributed by atoms with Gasteiger partial charge in [0.1, 0.15) is 10.8 Å². The summed E-state index contributed by atoms with van der Waals surface area (Å²) in [7, 11) is 0. The smallest absolute Gasteiger partial charge is 0.246 e. The molecule has 158 valence electrons. The number of hydrogen-bond acceptors (Lipinski definition) is 3. The van der Waals surface area contributed by atoms with Crippen LogP contribution in [0.1, 0.15) is 33.0 Å². The number of alkyl halides is 1. The number of amides is 2. The zero-order chi connectivity index (χ0) is 22.0. The summed E-state index contributed by atoms with van der Waals surface area (Å²) in [6.45, 7) is 4.04. The van der Waals surface area contributed by atoms with Gasteiger partial charge in [-0.25, -0.2) is 0 Å². The molecule has 0 radical (unpaired) electrons. The Bertz CT molecular complexity index is 1120. The highest BCUT2D eigenvalue weighted by molar-refractivity contribution is 8.00. The van der Waals surface area contributed by atoms with E-state index in [4.69, 9.17) is 11.6 Å². The Balaban J connectivity index is 1.58. The fourth-order valence-corrected chi connectivity index (χ4v) is 5.02. The number of carbonyl (C=O) groups excluding carboxylic acids is 2. The average Bonchev–Trinajstić information content (AvgIpc) is 3.17. The molecule has 2 atom stereocenters. The second-order valence-corrected chi connectivity index (χ2v) is 9.11. The lowest BCUT2D eigenvalue weighted by Crippen LogP contribution is -2.28. The van der Waals surface area contributed by atoms with E-state index in [1.165, 1.54) is 0 Å². The van der Waals surface area contributed by atoms with Crippen molar-refractivity contribution < 1.29 is 9.59 Å². The highest BCUT2D eigenvalue weighted by Crippen LogP contribution is 2.43. The molecule has 31 heavy (non-hydrogen) atoms. The van der Waals surface area contributed by atoms with Crippen molar-refractivity contribution in [2.45, 2.75) is 24.6 Å². The molecule has 6 heteroatoms. The van der Waals surface area contributed by atoms with Crippen molar-refractivity contribution in [3.63, 3.8) is 0 Å². The first kappa shape index (κ1) is 21.5. The Morgan fingerprint density at radius 1 is 1.06 bits per heavy atom. The van der Waals surface area contributed by atoms with Crippen LogP contribution in [-0.4, -0.2) is 17.6 Å². The van der Waals surface area contributed by atoms with Gasteiger partial charge in [-0.3, -0.25) is 14.5 Å². The standard InChI is InChI=1S/C25H23ClN2O2S/c1-16-11-12-17(2)21(13-16)28-22(29)15-31-25(28)19-9-6-10-20(14-19)27-24(30)23(26)18-7-4-3-5-8-18/h3-14,23,25H,15H2,1-2H3,(H,27,30)/t23-,25+/m0/s1. The zero-order valence-electron chi connectivity index (χ0n) is 17.3. The van der Waals surface area contributed by atoms with Crippen molar-refractivity contribution in [2.75, 3.05) is 16.0 Å². The summed E-state index contributed by atoms with van der Waals surface area (Å²) in [5.41, 5.74) is 5.46. The summed E-state index contributed by atoms with van der Waals surface area (Å²) in [6.07, 6.45) is 0. The number of aryl methyl sites for hydroxylation is 2. The number of carbonyl (C=O) groups is 2. The lowest BCUT2D eigenvalue weighted by atomic mass is 10.1. The minimum absolute atomic E-state index is 0.0861. The number of anilines is 2. The van der Waals surface area contributed by atoms with Gasteiger partial charge in [-0.15, -0.1) is 23.4 Å². The third kappa shape index (κ3) is 4.63. The van der Waals surface area contributed by atoms with Gasteiger partial charge in [0.05, 0.1) is 5.75 Å². The second kappa shape index (κ2) is 9.16. The Hall–Kier alpha value is -2.76. The van der Waals surface area contributed by atoms with Crippen molar-refractivity contribution in [2.24, 2.45) is 0 Å². The number of benzene rings is 3. The SMILES string of the molecule is Cc1ccc(C)c(N2C(=O)CS[C@@H]2c2cccc(NC(=O)[C@@H](Cl)c3ccccc3)c2)c1. The first-order chi connectivity index (χ1) is 14.9. The van der Waals surface area contributed by atoms with Crippen LogP contribution in [0.3, 0.4) is 0 Å². The molecule has 0 aromatic heterocycles. The van der Waals surface area contributed by atoms with Crippen LogP contribution in [0.4, 0.5) is 11.4 Å². The van der Waals surface area contributed by atoms with Gasteiger partial charge in [0.25, 0.3) is 0 Å². The van der Waals surface area contributed by atoms with Crippen molar-refractivity contribution in [1.29, 1.82) is 0 Å². The quantitative estimate of drug-likeness (QED) is 0.485. The molecule has 1 heterocycles. The summed E-state index contributed by atoms with van der Waals surface area (Å²) < 4.78 is 0. The van der Waals surface area contributed by atoms with E-state index < -0.39 is 5.38 Å². The van der Waals surface area contributed by atoms with Crippen LogP contribution >= 0.6 is 23.4 Å². The second-order valence-electron chi connectivity index (χ2n) is 7.60. The van der Waals surface area contributed by atoms with E-state index in [1.54, 1.807) is 11.8 Å². The lowest BCUT2D eigenvalue weighted by molar-refractivity contribution is -0.116. The summed E-state index contributed by atoms with van der Waals surface area (Å²) in [4.78, 5) is 27.3. The van der Waals surface area contributed by atoms with E-state index in [1.807, 2.05) is 85.5 Å². The number of rotatable bonds is 5. The van der Waals surface area contributed by atoms with E-state index >= 15 is 0 Å². The molecule has 0 unspecified atom stereocenters. The molecule has 3 aromatic carbocycles. The Kier molecular flexibility index (Phi) is 6.35. The van der Waals surface area contributed by atoms with Crippen LogP contribution in [0, 0.1) is 13.8 Å². The minimum atomic E-state index is -0.779. The Labute approximate surface area is 191 Å². The van der Waals surface area contributed by atoms with Crippen molar-refractivity contribution >= 4 is 46.6 Å². The van der Waals surface area contributed by atoms with E-state index in [0.717, 1.165) is 27.9 Å². The molecule has 1 N–H and O–H groups in total. The molecule has 2 amide bonds. The molecule has 0 bridgehead atoms. The predicted molar refractivity (Wildman–Crippen MR) is 129 cm³/mol. The Morgan fingerprint density at radius 2 is 1.84 bits per heavy atom. The maximum Gasteiger partial charge on any atom is 0.246 e. The molecule has 1 fully saturated rings. The zero-order valence-corrected chi connectivity index (χ0v) is 18.9. The van der Waals surface area contributed by atoms with Crippen LogP contribution < -0.4 is 10.2 Å². The van der Waals surface area contributed by atoms with Crippen LogP contribution in [-0.2, 0) is 9.59 Å². The maximum absolute atomic E-state index is 12.7. The normalized spacial score (nSPS) is 16.9. The number of thioether (sulfide) groups is 1. The molecule has 1 saturated heterocycles. The fourth-order valence-electron chi connectivity index (χ4n) is 3.66. The van der Waals surface area contributed by atoms with Crippen LogP contribution in [0.15, 0.2) is 72.8 Å². The van der Waals surface area contributed by atoms with Crippen molar-refractivity contribution in [3.8, 4) is 0 Å². The summed E-state index contributed by atoms with van der Waals surface area (Å²) in [5, 5.41) is 1.98. The van der Waals surface area contributed by atoms with Crippen LogP contribution in [0.25, 0.3) is 0 Å². The fraction of sp³-hybridized carbons (Fsp3) is 0.200. The molecule has 0 spiro atoms. The molecule has 4 nitrogen and oxygen atoms in total. The van der Waals surface area contributed by atoms with Crippen LogP contribution in [0.5, 0.6) is 0 Å². The first-order valence-corrected chi connectivity index (χ1v) is 11.5. The van der Waals surface area contributed by atoms with E-state index in [0.29, 0.717) is 11.4 Å². The molecule has 1 aliphatic heterocycles. The molecule has 1 aliphatic rings. The van der Waals surface area contributed by atoms with Gasteiger partial charge in [0, 0.05) is 11.4 Å². The molecule has 0 aliphatic carbocycles. The highest BCUT2D eigenvalue weighted by atomic mass is 35.5. The molecule has 4 rings (SSSR count). The first-order valence-electron chi connectivity index (χ1n) is 10.0. The summed E-state index contributed by atoms with van der Waals surface area (Å²) >= 11 is 7.95. The van der Waals surface area contributed by atoms with Gasteiger partial charge in [0.15, 0.2) is 0 Å². The number of nitrogens with one attached hydrogen (secondary N) is 1. The van der Waals surface area contributed by atoms with Gasteiger partial charge in [0.2, 0.25) is 11.8 Å². The highest BCUT2D eigenvalue weighted by Gasteiger charge is 2.35. The maximum atomic E-state index is 12.7. The van der Waals surface area contributed by atoms with Gasteiger partial charge in [-0.05, 0) is 54.3 Å². The third-order valence-corrected chi connectivity index (χ3v) is 6.92. The van der Waals surface area contributed by atoms with Gasteiger partial charge >= 0.3 is 0 Å². The third-order valence-electron chi connectivity index (χ3n) is 5.25. The summed E-state index contributed by atoms with van der Waals surface area (Å²) in [5.74, 6) is 0.224. The van der Waals surface area contributed by atoms with Crippen molar-refractivity contribution in [3.05, 3.63) is 95.1 Å². The van der Waals surface area contributed by atoms with Gasteiger partial charge < -0.3 is 5.32 Å². The van der Waals surface area contributed by atoms with Gasteiger partial charge in [-0.2, -0.15) is 0 Å². The monoisotopic (exact) mass is 450 g/mol. The summed E-state index contributed by atoms with van der Waals surface area (Å²) in [6, 6.07) is 23.0. The Morgan fingerprint density at radius 3 is 2.61 bits per heavy atom. The van der Waals surface area contributed by atoms with E-state index in [9.17, 15) is 9.59 Å². The number of nitrogens with zero attached hydrogens (tertiary/aromatic N) is 1. The minimum Gasteiger partial charge on any atom is -0.324 e. The molecule has 3 aromatic rings. The van der Waals surface area contributed by atoms with Crippen LogP contribution in [0.2, 0.25) is 0 Å². The predicted octanol–water partition coefficient (Wildman–Crippen LogP) is 6.00. The largest absolute Gasteiger partial charge is 0.324 e. The number of hydrogen-bond donors (Lipinski definition) is 1.